The number of anilines is 2. The average Bonchev–Trinajstić information content (AvgIpc) is 2.73. The molecule has 0 aliphatic carbocycles. The van der Waals surface area contributed by atoms with Gasteiger partial charge in [-0.25, -0.2) is 9.69 Å². The van der Waals surface area contributed by atoms with E-state index in [1.54, 1.807) is 24.3 Å². The van der Waals surface area contributed by atoms with Crippen molar-refractivity contribution >= 4 is 29.2 Å². The molecule has 9 nitrogen and oxygen atoms in total. The zero-order valence-corrected chi connectivity index (χ0v) is 17.1. The van der Waals surface area contributed by atoms with Crippen molar-refractivity contribution < 1.29 is 28.6 Å². The molecule has 2 aromatic rings. The molecule has 9 heteroatoms. The fourth-order valence-electron chi connectivity index (χ4n) is 3.16. The van der Waals surface area contributed by atoms with Gasteiger partial charge in [-0.1, -0.05) is 6.07 Å². The van der Waals surface area contributed by atoms with E-state index >= 15 is 0 Å². The fraction of sp³-hybridized carbons (Fsp3) is 0.286. The third-order valence-corrected chi connectivity index (χ3v) is 4.73. The second-order valence-corrected chi connectivity index (χ2v) is 6.64. The third kappa shape index (κ3) is 4.00. The maximum Gasteiger partial charge on any atom is 0.328 e. The summed E-state index contributed by atoms with van der Waals surface area (Å²) in [5, 5.41) is 5.31. The smallest absolute Gasteiger partial charge is 0.328 e. The molecule has 158 valence electrons. The van der Waals surface area contributed by atoms with E-state index in [1.807, 2.05) is 13.0 Å². The average molecular weight is 413 g/mol. The normalized spacial score (nSPS) is 16.0. The summed E-state index contributed by atoms with van der Waals surface area (Å²) in [6.45, 7) is 1.77. The topological polar surface area (TPSA) is 106 Å². The zero-order valence-electron chi connectivity index (χ0n) is 17.1. The Labute approximate surface area is 173 Å². The van der Waals surface area contributed by atoms with Gasteiger partial charge in [0.25, 0.3) is 0 Å². The van der Waals surface area contributed by atoms with Crippen LogP contribution >= 0.6 is 0 Å². The minimum absolute atomic E-state index is 0.110. The summed E-state index contributed by atoms with van der Waals surface area (Å²) in [7, 11) is 4.42. The van der Waals surface area contributed by atoms with Crippen LogP contribution < -0.4 is 29.7 Å². The summed E-state index contributed by atoms with van der Waals surface area (Å²) < 4.78 is 15.7. The van der Waals surface area contributed by atoms with Gasteiger partial charge >= 0.3 is 6.03 Å². The van der Waals surface area contributed by atoms with Gasteiger partial charge in [0, 0.05) is 12.6 Å². The van der Waals surface area contributed by atoms with Crippen LogP contribution in [0.25, 0.3) is 0 Å². The Morgan fingerprint density at radius 2 is 1.67 bits per heavy atom. The third-order valence-electron chi connectivity index (χ3n) is 4.73. The van der Waals surface area contributed by atoms with E-state index in [9.17, 15) is 14.4 Å². The summed E-state index contributed by atoms with van der Waals surface area (Å²) in [6, 6.07) is 9.32. The van der Waals surface area contributed by atoms with Gasteiger partial charge in [0.15, 0.2) is 11.5 Å². The lowest BCUT2D eigenvalue weighted by Crippen LogP contribution is -2.58. The van der Waals surface area contributed by atoms with E-state index in [0.717, 1.165) is 10.5 Å². The maximum atomic E-state index is 13.0. The minimum Gasteiger partial charge on any atom is -0.495 e. The number of methoxy groups -OCH3 is 3. The number of ether oxygens (including phenoxy) is 3. The monoisotopic (exact) mass is 413 g/mol. The molecule has 1 saturated heterocycles. The number of urea groups is 1. The van der Waals surface area contributed by atoms with E-state index in [0.29, 0.717) is 22.9 Å². The quantitative estimate of drug-likeness (QED) is 0.704. The molecule has 1 atom stereocenters. The van der Waals surface area contributed by atoms with Gasteiger partial charge in [0.2, 0.25) is 11.8 Å². The molecule has 1 aliphatic heterocycles. The molecule has 0 radical (unpaired) electrons. The van der Waals surface area contributed by atoms with Gasteiger partial charge in [-0.15, -0.1) is 0 Å². The summed E-state index contributed by atoms with van der Waals surface area (Å²) >= 11 is 0. The number of hydrogen-bond donors (Lipinski definition) is 2. The zero-order chi connectivity index (χ0) is 21.8. The lowest BCUT2D eigenvalue weighted by atomic mass is 10.0. The molecule has 0 bridgehead atoms. The van der Waals surface area contributed by atoms with Crippen LogP contribution in [0.5, 0.6) is 17.2 Å². The highest BCUT2D eigenvalue weighted by molar-refractivity contribution is 6.23. The van der Waals surface area contributed by atoms with E-state index in [4.69, 9.17) is 14.2 Å². The van der Waals surface area contributed by atoms with Crippen LogP contribution in [0.2, 0.25) is 0 Å². The van der Waals surface area contributed by atoms with Gasteiger partial charge in [-0.05, 0) is 36.8 Å². The molecule has 1 unspecified atom stereocenters. The van der Waals surface area contributed by atoms with E-state index in [2.05, 4.69) is 10.6 Å². The predicted molar refractivity (Wildman–Crippen MR) is 110 cm³/mol. The number of carbonyl (C=O) groups excluding carboxylic acids is 3. The van der Waals surface area contributed by atoms with E-state index in [1.165, 1.54) is 27.4 Å². The number of carbonyl (C=O) groups is 3. The van der Waals surface area contributed by atoms with Crippen LogP contribution in [0.15, 0.2) is 36.4 Å². The van der Waals surface area contributed by atoms with Gasteiger partial charge in [-0.2, -0.15) is 0 Å². The van der Waals surface area contributed by atoms with Crippen LogP contribution in [-0.2, 0) is 9.59 Å². The molecule has 2 aromatic carbocycles. The van der Waals surface area contributed by atoms with E-state index in [-0.39, 0.29) is 12.2 Å². The van der Waals surface area contributed by atoms with E-state index < -0.39 is 23.8 Å². The largest absolute Gasteiger partial charge is 0.495 e. The molecule has 30 heavy (non-hydrogen) atoms. The number of nitrogens with zero attached hydrogens (tertiary/aromatic N) is 1. The Morgan fingerprint density at radius 3 is 2.33 bits per heavy atom. The predicted octanol–water partition coefficient (Wildman–Crippen LogP) is 2.33. The van der Waals surface area contributed by atoms with Crippen LogP contribution in [0.4, 0.5) is 16.2 Å². The number of nitrogens with one attached hydrogen (secondary N) is 2. The molecule has 4 amide bonds. The Bertz CT molecular complexity index is 991. The van der Waals surface area contributed by atoms with Crippen molar-refractivity contribution in [2.24, 2.45) is 5.92 Å². The lowest BCUT2D eigenvalue weighted by molar-refractivity contribution is -0.130. The second kappa shape index (κ2) is 8.73. The molecule has 1 aliphatic rings. The Morgan fingerprint density at radius 1 is 1.00 bits per heavy atom. The summed E-state index contributed by atoms with van der Waals surface area (Å²) in [5.41, 5.74) is 1.63. The highest BCUT2D eigenvalue weighted by Crippen LogP contribution is 2.33. The molecular formula is C21H23N3O6. The molecule has 3 rings (SSSR count). The van der Waals surface area contributed by atoms with Crippen molar-refractivity contribution in [2.75, 3.05) is 38.1 Å². The Kier molecular flexibility index (Phi) is 6.10. The first kappa shape index (κ1) is 21.0. The van der Waals surface area contributed by atoms with Crippen LogP contribution in [-0.4, -0.2) is 45.7 Å². The Hall–Kier alpha value is -3.75. The molecule has 2 N–H and O–H groups in total. The summed E-state index contributed by atoms with van der Waals surface area (Å²) in [6.07, 6.45) is 0. The van der Waals surface area contributed by atoms with Gasteiger partial charge in [-0.3, -0.25) is 9.59 Å². The first-order valence-corrected chi connectivity index (χ1v) is 9.19. The van der Waals surface area contributed by atoms with Crippen LogP contribution in [0.1, 0.15) is 5.56 Å². The first-order valence-electron chi connectivity index (χ1n) is 9.19. The lowest BCUT2D eigenvalue weighted by Gasteiger charge is -2.31. The van der Waals surface area contributed by atoms with Crippen molar-refractivity contribution in [3.8, 4) is 17.2 Å². The number of aryl methyl sites for hydroxylation is 1. The molecule has 0 saturated carbocycles. The highest BCUT2D eigenvalue weighted by atomic mass is 16.5. The second-order valence-electron chi connectivity index (χ2n) is 6.64. The molecule has 0 spiro atoms. The van der Waals surface area contributed by atoms with Crippen molar-refractivity contribution in [1.29, 1.82) is 0 Å². The summed E-state index contributed by atoms with van der Waals surface area (Å²) in [5.74, 6) is -1.03. The number of benzene rings is 2. The Balaban J connectivity index is 1.86. The molecule has 0 aromatic heterocycles. The number of imide groups is 1. The number of hydrogen-bond acceptors (Lipinski definition) is 6. The van der Waals surface area contributed by atoms with Gasteiger partial charge < -0.3 is 24.8 Å². The highest BCUT2D eigenvalue weighted by Gasteiger charge is 2.40. The fourth-order valence-corrected chi connectivity index (χ4v) is 3.16. The number of rotatable bonds is 6. The van der Waals surface area contributed by atoms with Crippen molar-refractivity contribution in [2.45, 2.75) is 6.92 Å². The molecular weight excluding hydrogens is 390 g/mol. The first-order chi connectivity index (χ1) is 14.4. The maximum absolute atomic E-state index is 13.0. The minimum atomic E-state index is -1.11. The van der Waals surface area contributed by atoms with Gasteiger partial charge in [0.05, 0.1) is 32.7 Å². The molecule has 1 heterocycles. The summed E-state index contributed by atoms with van der Waals surface area (Å²) in [4.78, 5) is 39.2. The molecule has 1 fully saturated rings. The SMILES string of the molecule is COc1ccc(C)cc1NC(=O)C1CNC(=O)N(c2ccc(OC)c(OC)c2)C1=O. The van der Waals surface area contributed by atoms with Crippen LogP contribution in [0, 0.1) is 12.8 Å². The van der Waals surface area contributed by atoms with Crippen molar-refractivity contribution in [1.82, 2.24) is 5.32 Å². The van der Waals surface area contributed by atoms with Crippen molar-refractivity contribution in [3.63, 3.8) is 0 Å². The van der Waals surface area contributed by atoms with Crippen LogP contribution in [0.3, 0.4) is 0 Å². The van der Waals surface area contributed by atoms with Crippen molar-refractivity contribution in [3.05, 3.63) is 42.0 Å². The standard InChI is InChI=1S/C21H23N3O6/c1-12-5-7-16(28-2)15(9-12)23-19(25)14-11-22-21(27)24(20(14)26)13-6-8-17(29-3)18(10-13)30-4/h5-10,14H,11H2,1-4H3,(H,22,27)(H,23,25). The number of amides is 4. The van der Waals surface area contributed by atoms with Gasteiger partial charge in [0.1, 0.15) is 11.7 Å².